The topological polar surface area (TPSA) is 52.6 Å². The lowest BCUT2D eigenvalue weighted by molar-refractivity contribution is -0.147. The minimum absolute atomic E-state index is 0.0865. The van der Waals surface area contributed by atoms with Crippen molar-refractivity contribution in [3.8, 4) is 0 Å². The average molecular weight is 176 g/mol. The van der Waals surface area contributed by atoms with Crippen molar-refractivity contribution >= 4 is 11.9 Å². The standard InChI is InChI=1S/C6H10O4.C2H6/c1-9-5(7)3-4-6(8)10-2;1-2/h3-4H2,1-2H3;1-2H3. The highest BCUT2D eigenvalue weighted by Gasteiger charge is 2.04. The van der Waals surface area contributed by atoms with E-state index < -0.39 is 11.9 Å². The van der Waals surface area contributed by atoms with Crippen LogP contribution in [0.4, 0.5) is 0 Å². The number of carbonyl (C=O) groups is 2. The largest absolute Gasteiger partial charge is 0.469 e. The summed E-state index contributed by atoms with van der Waals surface area (Å²) in [7, 11) is 2.55. The van der Waals surface area contributed by atoms with Gasteiger partial charge in [-0.15, -0.1) is 0 Å². The Hall–Kier alpha value is -1.06. The third-order valence-corrected chi connectivity index (χ3v) is 0.989. The molecule has 0 aliphatic rings. The van der Waals surface area contributed by atoms with Crippen LogP contribution in [0.1, 0.15) is 26.7 Å². The molecule has 0 aromatic carbocycles. The van der Waals surface area contributed by atoms with Gasteiger partial charge in [-0.3, -0.25) is 9.59 Å². The van der Waals surface area contributed by atoms with Gasteiger partial charge in [0.1, 0.15) is 0 Å². The van der Waals surface area contributed by atoms with Crippen molar-refractivity contribution < 1.29 is 19.1 Å². The third-order valence-electron chi connectivity index (χ3n) is 0.989. The van der Waals surface area contributed by atoms with Gasteiger partial charge in [-0.2, -0.15) is 0 Å². The Labute approximate surface area is 72.8 Å². The molecule has 0 rings (SSSR count). The van der Waals surface area contributed by atoms with Gasteiger partial charge in [-0.05, 0) is 0 Å². The molecule has 0 spiro atoms. The molecule has 12 heavy (non-hydrogen) atoms. The SMILES string of the molecule is CC.COC(=O)CCC(=O)OC. The van der Waals surface area contributed by atoms with E-state index in [1.807, 2.05) is 13.8 Å². The number of ether oxygens (including phenoxy) is 2. The van der Waals surface area contributed by atoms with E-state index in [1.165, 1.54) is 14.2 Å². The third kappa shape index (κ3) is 8.94. The number of hydrogen-bond acceptors (Lipinski definition) is 4. The summed E-state index contributed by atoms with van der Waals surface area (Å²) in [4.78, 5) is 20.8. The summed E-state index contributed by atoms with van der Waals surface area (Å²) in [6.07, 6.45) is 0.173. The fraction of sp³-hybridized carbons (Fsp3) is 0.750. The molecule has 0 N–H and O–H groups in total. The van der Waals surface area contributed by atoms with Crippen LogP contribution in [-0.4, -0.2) is 26.2 Å². The Morgan fingerprint density at radius 1 is 0.917 bits per heavy atom. The van der Waals surface area contributed by atoms with Crippen molar-refractivity contribution in [2.45, 2.75) is 26.7 Å². The second kappa shape index (κ2) is 9.94. The Balaban J connectivity index is 0. The lowest BCUT2D eigenvalue weighted by Gasteiger charge is -1.96. The summed E-state index contributed by atoms with van der Waals surface area (Å²) in [5.74, 6) is -0.796. The van der Waals surface area contributed by atoms with E-state index in [9.17, 15) is 9.59 Å². The molecule has 4 heteroatoms. The fourth-order valence-electron chi connectivity index (χ4n) is 0.408. The Kier molecular flexibility index (Phi) is 11.2. The van der Waals surface area contributed by atoms with Gasteiger partial charge in [-0.1, -0.05) is 13.8 Å². The van der Waals surface area contributed by atoms with Crippen LogP contribution in [0.2, 0.25) is 0 Å². The second-order valence-electron chi connectivity index (χ2n) is 1.65. The van der Waals surface area contributed by atoms with Gasteiger partial charge < -0.3 is 9.47 Å². The number of hydrogen-bond donors (Lipinski definition) is 0. The van der Waals surface area contributed by atoms with Gasteiger partial charge in [0.25, 0.3) is 0 Å². The van der Waals surface area contributed by atoms with E-state index in [0.717, 1.165) is 0 Å². The van der Waals surface area contributed by atoms with Crippen LogP contribution in [0, 0.1) is 0 Å². The van der Waals surface area contributed by atoms with Crippen molar-refractivity contribution in [2.24, 2.45) is 0 Å². The summed E-state index contributed by atoms with van der Waals surface area (Å²) in [6.45, 7) is 4.00. The highest BCUT2D eigenvalue weighted by atomic mass is 16.5. The van der Waals surface area contributed by atoms with Crippen LogP contribution in [0.15, 0.2) is 0 Å². The highest BCUT2D eigenvalue weighted by molar-refractivity contribution is 5.77. The Bertz CT molecular complexity index is 115. The normalized spacial score (nSPS) is 7.67. The van der Waals surface area contributed by atoms with E-state index in [1.54, 1.807) is 0 Å². The maximum atomic E-state index is 10.4. The van der Waals surface area contributed by atoms with Gasteiger partial charge in [-0.25, -0.2) is 0 Å². The van der Waals surface area contributed by atoms with Crippen molar-refractivity contribution in [1.29, 1.82) is 0 Å². The second-order valence-corrected chi connectivity index (χ2v) is 1.65. The molecule has 0 fully saturated rings. The summed E-state index contributed by atoms with van der Waals surface area (Å²) in [6, 6.07) is 0. The zero-order valence-corrected chi connectivity index (χ0v) is 8.05. The summed E-state index contributed by atoms with van der Waals surface area (Å²) in [5.41, 5.74) is 0. The maximum Gasteiger partial charge on any atom is 0.306 e. The molecule has 0 atom stereocenters. The molecule has 0 bridgehead atoms. The van der Waals surface area contributed by atoms with Gasteiger partial charge in [0.05, 0.1) is 27.1 Å². The van der Waals surface area contributed by atoms with Crippen LogP contribution < -0.4 is 0 Å². The zero-order chi connectivity index (χ0) is 9.98. The molecule has 0 aliphatic heterocycles. The molecule has 0 saturated heterocycles. The van der Waals surface area contributed by atoms with E-state index in [2.05, 4.69) is 9.47 Å². The predicted octanol–water partition coefficient (Wildman–Crippen LogP) is 1.14. The van der Waals surface area contributed by atoms with Gasteiger partial charge in [0, 0.05) is 0 Å². The van der Waals surface area contributed by atoms with Crippen molar-refractivity contribution in [2.75, 3.05) is 14.2 Å². The lowest BCUT2D eigenvalue weighted by atomic mass is 10.3. The van der Waals surface area contributed by atoms with Crippen LogP contribution in [-0.2, 0) is 19.1 Å². The molecule has 0 unspecified atom stereocenters. The first-order valence-corrected chi connectivity index (χ1v) is 3.84. The molecular weight excluding hydrogens is 160 g/mol. The van der Waals surface area contributed by atoms with Crippen LogP contribution in [0.3, 0.4) is 0 Å². The lowest BCUT2D eigenvalue weighted by Crippen LogP contribution is -2.06. The summed E-state index contributed by atoms with van der Waals surface area (Å²) < 4.78 is 8.60. The fourth-order valence-corrected chi connectivity index (χ4v) is 0.408. The number of esters is 2. The molecule has 0 amide bonds. The van der Waals surface area contributed by atoms with Gasteiger partial charge in [0.15, 0.2) is 0 Å². The van der Waals surface area contributed by atoms with E-state index in [-0.39, 0.29) is 12.8 Å². The molecule has 72 valence electrons. The van der Waals surface area contributed by atoms with Crippen molar-refractivity contribution in [1.82, 2.24) is 0 Å². The molecule has 0 aromatic heterocycles. The number of rotatable bonds is 3. The Morgan fingerprint density at radius 2 is 1.17 bits per heavy atom. The monoisotopic (exact) mass is 176 g/mol. The molecule has 0 radical (unpaired) electrons. The zero-order valence-electron chi connectivity index (χ0n) is 8.05. The van der Waals surface area contributed by atoms with Crippen molar-refractivity contribution in [3.05, 3.63) is 0 Å². The molecule has 0 aromatic rings. The molecule has 0 aliphatic carbocycles. The van der Waals surface area contributed by atoms with E-state index >= 15 is 0 Å². The highest BCUT2D eigenvalue weighted by Crippen LogP contribution is 1.92. The average Bonchev–Trinajstić information content (AvgIpc) is 2.16. The van der Waals surface area contributed by atoms with Gasteiger partial charge >= 0.3 is 11.9 Å². The molecule has 4 nitrogen and oxygen atoms in total. The smallest absolute Gasteiger partial charge is 0.306 e. The maximum absolute atomic E-state index is 10.4. The first kappa shape index (κ1) is 13.5. The van der Waals surface area contributed by atoms with Gasteiger partial charge in [0.2, 0.25) is 0 Å². The minimum atomic E-state index is -0.398. The van der Waals surface area contributed by atoms with Crippen LogP contribution in [0.25, 0.3) is 0 Å². The summed E-state index contributed by atoms with van der Waals surface area (Å²) in [5, 5.41) is 0. The van der Waals surface area contributed by atoms with E-state index in [4.69, 9.17) is 0 Å². The minimum Gasteiger partial charge on any atom is -0.469 e. The number of carbonyl (C=O) groups excluding carboxylic acids is 2. The van der Waals surface area contributed by atoms with Crippen molar-refractivity contribution in [3.63, 3.8) is 0 Å². The van der Waals surface area contributed by atoms with Crippen LogP contribution >= 0.6 is 0 Å². The summed E-state index contributed by atoms with van der Waals surface area (Å²) >= 11 is 0. The molecule has 0 saturated carbocycles. The van der Waals surface area contributed by atoms with E-state index in [0.29, 0.717) is 0 Å². The first-order valence-electron chi connectivity index (χ1n) is 3.84. The predicted molar refractivity (Wildman–Crippen MR) is 44.6 cm³/mol. The Morgan fingerprint density at radius 3 is 1.33 bits per heavy atom. The number of methoxy groups -OCH3 is 2. The van der Waals surface area contributed by atoms with Crippen LogP contribution in [0.5, 0.6) is 0 Å². The quantitative estimate of drug-likeness (QED) is 0.605. The molecule has 0 heterocycles. The first-order chi connectivity index (χ1) is 5.70. The molecular formula is C8H16O4.